The van der Waals surface area contributed by atoms with Gasteiger partial charge in [0.2, 0.25) is 5.88 Å². The second kappa shape index (κ2) is 6.91. The van der Waals surface area contributed by atoms with Crippen LogP contribution < -0.4 is 25.5 Å². The lowest BCUT2D eigenvalue weighted by Crippen LogP contribution is -2.31. The summed E-state index contributed by atoms with van der Waals surface area (Å²) in [7, 11) is 4.74. The molecule has 0 bridgehead atoms. The number of ether oxygens (including phenoxy) is 3. The highest BCUT2D eigenvalue weighted by Crippen LogP contribution is 2.47. The van der Waals surface area contributed by atoms with Gasteiger partial charge in [-0.05, 0) is 18.2 Å². The van der Waals surface area contributed by atoms with Gasteiger partial charge < -0.3 is 24.5 Å². The number of hydrogen-bond donors (Lipinski definition) is 1. The number of allylic oxidation sites excluding steroid dienone is 1. The highest BCUT2D eigenvalue weighted by Gasteiger charge is 2.37. The number of benzene rings is 2. The van der Waals surface area contributed by atoms with Crippen molar-refractivity contribution in [2.45, 2.75) is 5.92 Å². The van der Waals surface area contributed by atoms with Crippen molar-refractivity contribution in [1.82, 2.24) is 4.57 Å². The molecule has 2 heterocycles. The first-order valence-electron chi connectivity index (χ1n) is 8.93. The fourth-order valence-electron chi connectivity index (χ4n) is 3.88. The van der Waals surface area contributed by atoms with E-state index in [1.165, 1.54) is 14.2 Å². The van der Waals surface area contributed by atoms with Gasteiger partial charge >= 0.3 is 0 Å². The number of nitrogens with zero attached hydrogens (tertiary/aromatic N) is 2. The van der Waals surface area contributed by atoms with Crippen molar-refractivity contribution >= 4 is 10.9 Å². The van der Waals surface area contributed by atoms with Crippen LogP contribution in [0.1, 0.15) is 17.0 Å². The van der Waals surface area contributed by atoms with E-state index in [2.05, 4.69) is 6.07 Å². The number of nitriles is 1. The molecular weight excluding hydrogens is 370 g/mol. The second-order valence-corrected chi connectivity index (χ2v) is 6.63. The number of rotatable bonds is 3. The topological polar surface area (TPSA) is 99.5 Å². The van der Waals surface area contributed by atoms with Gasteiger partial charge in [-0.1, -0.05) is 24.3 Å². The average molecular weight is 389 g/mol. The van der Waals surface area contributed by atoms with Gasteiger partial charge in [0.05, 0.1) is 31.2 Å². The van der Waals surface area contributed by atoms with Crippen LogP contribution in [0, 0.1) is 11.3 Å². The maximum absolute atomic E-state index is 13.4. The van der Waals surface area contributed by atoms with E-state index in [4.69, 9.17) is 19.9 Å². The second-order valence-electron chi connectivity index (χ2n) is 6.63. The van der Waals surface area contributed by atoms with Gasteiger partial charge in [0.1, 0.15) is 17.4 Å². The largest absolute Gasteiger partial charge is 0.493 e. The van der Waals surface area contributed by atoms with E-state index in [0.717, 1.165) is 5.39 Å². The molecule has 1 unspecified atom stereocenters. The minimum Gasteiger partial charge on any atom is -0.493 e. The number of pyridine rings is 1. The quantitative estimate of drug-likeness (QED) is 0.739. The van der Waals surface area contributed by atoms with Crippen LogP contribution in [0.2, 0.25) is 0 Å². The molecule has 7 nitrogen and oxygen atoms in total. The highest BCUT2D eigenvalue weighted by atomic mass is 16.5. The number of methoxy groups -OCH3 is 2. The van der Waals surface area contributed by atoms with E-state index in [9.17, 15) is 10.1 Å². The van der Waals surface area contributed by atoms with Crippen LogP contribution >= 0.6 is 0 Å². The molecular formula is C22H19N3O4. The average Bonchev–Trinajstić information content (AvgIpc) is 2.75. The minimum absolute atomic E-state index is 0.0340. The minimum atomic E-state index is -0.753. The molecule has 0 saturated heterocycles. The van der Waals surface area contributed by atoms with Crippen molar-refractivity contribution in [2.24, 2.45) is 12.8 Å². The van der Waals surface area contributed by atoms with E-state index in [1.54, 1.807) is 29.8 Å². The Hall–Kier alpha value is -3.92. The Kier molecular flexibility index (Phi) is 4.40. The van der Waals surface area contributed by atoms with Gasteiger partial charge in [-0.2, -0.15) is 5.26 Å². The number of fused-ring (bicyclic) bond motifs is 3. The summed E-state index contributed by atoms with van der Waals surface area (Å²) in [6.45, 7) is 0. The molecule has 4 rings (SSSR count). The maximum atomic E-state index is 13.4. The maximum Gasteiger partial charge on any atom is 0.258 e. The molecule has 1 atom stereocenters. The van der Waals surface area contributed by atoms with Crippen LogP contribution in [0.3, 0.4) is 0 Å². The number of aryl methyl sites for hydroxylation is 1. The molecule has 0 saturated carbocycles. The molecule has 2 N–H and O–H groups in total. The first kappa shape index (κ1) is 18.4. The lowest BCUT2D eigenvalue weighted by molar-refractivity contribution is 0.349. The molecule has 0 aliphatic carbocycles. The first-order chi connectivity index (χ1) is 14.0. The summed E-state index contributed by atoms with van der Waals surface area (Å²) in [6, 6.07) is 14.8. The van der Waals surface area contributed by atoms with E-state index < -0.39 is 5.92 Å². The van der Waals surface area contributed by atoms with Crippen molar-refractivity contribution in [3.63, 3.8) is 0 Å². The lowest BCUT2D eigenvalue weighted by atomic mass is 9.82. The van der Waals surface area contributed by atoms with Gasteiger partial charge in [0.25, 0.3) is 5.56 Å². The van der Waals surface area contributed by atoms with Crippen LogP contribution in [0.4, 0.5) is 0 Å². The Morgan fingerprint density at radius 1 is 1.14 bits per heavy atom. The molecule has 1 aliphatic rings. The number of para-hydroxylation sites is 2. The Morgan fingerprint density at radius 3 is 2.59 bits per heavy atom. The molecule has 0 radical (unpaired) electrons. The Labute approximate surface area is 167 Å². The van der Waals surface area contributed by atoms with E-state index in [0.29, 0.717) is 33.9 Å². The number of hydrogen-bond acceptors (Lipinski definition) is 6. The summed E-state index contributed by atoms with van der Waals surface area (Å²) in [5.74, 6) is 0.496. The molecule has 2 aromatic carbocycles. The Balaban J connectivity index is 2.15. The summed E-state index contributed by atoms with van der Waals surface area (Å²) in [5.41, 5.74) is 7.65. The van der Waals surface area contributed by atoms with Crippen molar-refractivity contribution in [3.05, 3.63) is 75.4 Å². The predicted octanol–water partition coefficient (Wildman–Crippen LogP) is 2.77. The van der Waals surface area contributed by atoms with Crippen LogP contribution in [0.15, 0.2) is 58.7 Å². The van der Waals surface area contributed by atoms with E-state index in [1.807, 2.05) is 24.3 Å². The number of nitrogens with two attached hydrogens (primary N) is 1. The smallest absolute Gasteiger partial charge is 0.258 e. The zero-order chi connectivity index (χ0) is 20.7. The summed E-state index contributed by atoms with van der Waals surface area (Å²) < 4.78 is 18.3. The molecule has 0 fully saturated rings. The zero-order valence-corrected chi connectivity index (χ0v) is 16.2. The van der Waals surface area contributed by atoms with Gasteiger partial charge in [-0.3, -0.25) is 4.79 Å². The summed E-state index contributed by atoms with van der Waals surface area (Å²) >= 11 is 0. The van der Waals surface area contributed by atoms with Crippen LogP contribution in [0.25, 0.3) is 10.9 Å². The van der Waals surface area contributed by atoms with Crippen molar-refractivity contribution in [1.29, 1.82) is 5.26 Å². The van der Waals surface area contributed by atoms with Crippen molar-refractivity contribution in [2.75, 3.05) is 14.2 Å². The van der Waals surface area contributed by atoms with Crippen LogP contribution in [-0.4, -0.2) is 18.8 Å². The van der Waals surface area contributed by atoms with E-state index in [-0.39, 0.29) is 17.0 Å². The highest BCUT2D eigenvalue weighted by molar-refractivity contribution is 5.88. The summed E-state index contributed by atoms with van der Waals surface area (Å²) in [6.07, 6.45) is 0. The van der Waals surface area contributed by atoms with Gasteiger partial charge in [-0.25, -0.2) is 0 Å². The molecule has 7 heteroatoms. The Morgan fingerprint density at radius 2 is 1.90 bits per heavy atom. The molecule has 1 aliphatic heterocycles. The number of aromatic nitrogens is 1. The third kappa shape index (κ3) is 2.61. The van der Waals surface area contributed by atoms with Gasteiger partial charge in [0, 0.05) is 18.0 Å². The summed E-state index contributed by atoms with van der Waals surface area (Å²) in [4.78, 5) is 13.4. The van der Waals surface area contributed by atoms with Crippen molar-refractivity contribution < 1.29 is 14.2 Å². The molecule has 0 amide bonds. The fourth-order valence-corrected chi connectivity index (χ4v) is 3.88. The fraction of sp³-hybridized carbons (Fsp3) is 0.182. The van der Waals surface area contributed by atoms with Crippen molar-refractivity contribution in [3.8, 4) is 23.3 Å². The Bertz CT molecular complexity index is 1270. The van der Waals surface area contributed by atoms with Gasteiger partial charge in [-0.15, -0.1) is 0 Å². The molecule has 3 aromatic rings. The standard InChI is InChI=1S/C22H19N3O4/c1-25-15-9-5-4-7-12(15)20-18(22(25)26)17(14(11-23)21(24)29-20)13-8-6-10-16(27-2)19(13)28-3/h4-10,17H,24H2,1-3H3. The third-order valence-electron chi connectivity index (χ3n) is 5.21. The molecule has 146 valence electrons. The normalized spacial score (nSPS) is 15.4. The lowest BCUT2D eigenvalue weighted by Gasteiger charge is -2.28. The third-order valence-corrected chi connectivity index (χ3v) is 5.21. The monoisotopic (exact) mass is 389 g/mol. The molecule has 1 aromatic heterocycles. The van der Waals surface area contributed by atoms with Crippen LogP contribution in [0.5, 0.6) is 17.2 Å². The van der Waals surface area contributed by atoms with Crippen LogP contribution in [-0.2, 0) is 7.05 Å². The SMILES string of the molecule is COc1cccc(C2C(C#N)=C(N)Oc3c2c(=O)n(C)c2ccccc32)c1OC. The first-order valence-corrected chi connectivity index (χ1v) is 8.93. The van der Waals surface area contributed by atoms with Gasteiger partial charge in [0.15, 0.2) is 11.5 Å². The molecule has 0 spiro atoms. The predicted molar refractivity (Wildman–Crippen MR) is 108 cm³/mol. The van der Waals surface area contributed by atoms with E-state index >= 15 is 0 Å². The zero-order valence-electron chi connectivity index (χ0n) is 16.2. The molecule has 29 heavy (non-hydrogen) atoms. The summed E-state index contributed by atoms with van der Waals surface area (Å²) in [5, 5.41) is 10.6.